The van der Waals surface area contributed by atoms with Gasteiger partial charge in [-0.1, -0.05) is 11.6 Å². The predicted molar refractivity (Wildman–Crippen MR) is 45.4 cm³/mol. The molecule has 74 valence electrons. The van der Waals surface area contributed by atoms with Crippen molar-refractivity contribution in [3.63, 3.8) is 0 Å². The molecule has 0 heterocycles. The van der Waals surface area contributed by atoms with Crippen molar-refractivity contribution in [2.75, 3.05) is 0 Å². The van der Waals surface area contributed by atoms with Crippen molar-refractivity contribution in [3.8, 4) is 0 Å². The summed E-state index contributed by atoms with van der Waals surface area (Å²) in [4.78, 5) is -2.62. The Kier molecular flexibility index (Phi) is 2.33. The summed E-state index contributed by atoms with van der Waals surface area (Å²) < 4.78 is 30.0. The number of aliphatic hydroxyl groups excluding tert-OH is 1. The number of aliphatic hydroxyl groups is 2. The summed E-state index contributed by atoms with van der Waals surface area (Å²) in [5, 5.41) is 18.6. The van der Waals surface area contributed by atoms with E-state index in [0.29, 0.717) is 5.57 Å². The van der Waals surface area contributed by atoms with Gasteiger partial charge in [-0.15, -0.1) is 0 Å². The zero-order valence-corrected chi connectivity index (χ0v) is 7.69. The lowest BCUT2D eigenvalue weighted by Crippen LogP contribution is -2.47. The minimum atomic E-state index is -4.72. The van der Waals surface area contributed by atoms with Crippen molar-refractivity contribution in [1.29, 1.82) is 0 Å². The van der Waals surface area contributed by atoms with Gasteiger partial charge in [0, 0.05) is 0 Å². The molecular weight excluding hydrogens is 196 g/mol. The van der Waals surface area contributed by atoms with Crippen molar-refractivity contribution < 1.29 is 23.2 Å². The third-order valence-corrected chi connectivity index (χ3v) is 3.05. The van der Waals surface area contributed by atoms with Crippen molar-refractivity contribution in [3.05, 3.63) is 23.8 Å². The minimum Gasteiger partial charge on any atom is -0.384 e. The van der Waals surface area contributed by atoms with Crippen molar-refractivity contribution >= 4 is 10.1 Å². The number of hydrogen-bond acceptors (Lipinski definition) is 4. The van der Waals surface area contributed by atoms with E-state index in [9.17, 15) is 18.6 Å². The molecule has 1 aliphatic rings. The van der Waals surface area contributed by atoms with E-state index in [4.69, 9.17) is 4.55 Å². The molecule has 0 saturated heterocycles. The zero-order chi connectivity index (χ0) is 10.3. The third kappa shape index (κ3) is 1.66. The van der Waals surface area contributed by atoms with Gasteiger partial charge in [0.1, 0.15) is 6.10 Å². The summed E-state index contributed by atoms with van der Waals surface area (Å²) in [5.41, 5.74) is 0.612. The second kappa shape index (κ2) is 2.91. The maximum absolute atomic E-state index is 10.7. The molecule has 1 aliphatic carbocycles. The quantitative estimate of drug-likeness (QED) is 0.500. The first-order chi connectivity index (χ1) is 5.77. The molecular formula is C7H10O5S. The van der Waals surface area contributed by atoms with Crippen LogP contribution in [0.4, 0.5) is 0 Å². The minimum absolute atomic E-state index is 0.612. The van der Waals surface area contributed by atoms with Crippen LogP contribution in [-0.4, -0.2) is 34.2 Å². The number of rotatable bonds is 1. The highest BCUT2D eigenvalue weighted by atomic mass is 32.2. The molecule has 0 saturated carbocycles. The first kappa shape index (κ1) is 10.4. The molecule has 3 N–H and O–H groups in total. The summed E-state index contributed by atoms with van der Waals surface area (Å²) in [6.45, 7) is 1.63. The van der Waals surface area contributed by atoms with Crippen LogP contribution in [0.5, 0.6) is 0 Å². The Hall–Kier alpha value is -0.690. The van der Waals surface area contributed by atoms with Crippen LogP contribution in [0.25, 0.3) is 0 Å². The van der Waals surface area contributed by atoms with E-state index >= 15 is 0 Å². The Morgan fingerprint density at radius 3 is 2.46 bits per heavy atom. The van der Waals surface area contributed by atoms with Crippen molar-refractivity contribution in [1.82, 2.24) is 0 Å². The van der Waals surface area contributed by atoms with Crippen LogP contribution in [0.3, 0.4) is 0 Å². The fourth-order valence-electron chi connectivity index (χ4n) is 1.01. The van der Waals surface area contributed by atoms with E-state index in [1.165, 1.54) is 6.08 Å². The average molecular weight is 206 g/mol. The number of allylic oxidation sites excluding steroid dienone is 2. The van der Waals surface area contributed by atoms with Crippen molar-refractivity contribution in [2.45, 2.75) is 18.0 Å². The largest absolute Gasteiger partial charge is 0.384 e. The summed E-state index contributed by atoms with van der Waals surface area (Å²) >= 11 is 0. The van der Waals surface area contributed by atoms with Crippen LogP contribution in [0.2, 0.25) is 0 Å². The highest BCUT2D eigenvalue weighted by molar-refractivity contribution is 7.87. The van der Waals surface area contributed by atoms with E-state index in [0.717, 1.165) is 12.2 Å². The topological polar surface area (TPSA) is 94.8 Å². The lowest BCUT2D eigenvalue weighted by molar-refractivity contribution is 0.0391. The summed E-state index contributed by atoms with van der Waals surface area (Å²) in [6.07, 6.45) is 1.66. The molecule has 0 aromatic rings. The fourth-order valence-corrected chi connectivity index (χ4v) is 1.63. The van der Waals surface area contributed by atoms with E-state index in [-0.39, 0.29) is 0 Å². The Morgan fingerprint density at radius 2 is 2.08 bits per heavy atom. The van der Waals surface area contributed by atoms with E-state index in [1.807, 2.05) is 0 Å². The van der Waals surface area contributed by atoms with Gasteiger partial charge in [-0.05, 0) is 19.1 Å². The molecule has 2 atom stereocenters. The Labute approximate surface area is 75.8 Å². The summed E-state index contributed by atoms with van der Waals surface area (Å²) in [6, 6.07) is 0. The van der Waals surface area contributed by atoms with Gasteiger partial charge < -0.3 is 10.2 Å². The van der Waals surface area contributed by atoms with Crippen LogP contribution in [0.15, 0.2) is 23.8 Å². The molecule has 0 spiro atoms. The first-order valence-corrected chi connectivity index (χ1v) is 4.96. The normalized spacial score (nSPS) is 34.5. The highest BCUT2D eigenvalue weighted by Gasteiger charge is 2.45. The molecule has 0 aromatic carbocycles. The molecule has 6 heteroatoms. The lowest BCUT2D eigenvalue weighted by atomic mass is 10.0. The second-order valence-corrected chi connectivity index (χ2v) is 4.52. The van der Waals surface area contributed by atoms with Crippen LogP contribution in [-0.2, 0) is 10.1 Å². The molecule has 2 unspecified atom stereocenters. The molecule has 0 aromatic heterocycles. The maximum atomic E-state index is 10.7. The molecule has 13 heavy (non-hydrogen) atoms. The van der Waals surface area contributed by atoms with Gasteiger partial charge in [0.05, 0.1) is 0 Å². The predicted octanol–water partition coefficient (Wildman–Crippen LogP) is -0.560. The molecule has 1 rings (SSSR count). The van der Waals surface area contributed by atoms with E-state index in [2.05, 4.69) is 0 Å². The standard InChI is InChI=1S/C7H10O5S/c1-5-2-3-7(9,6(8)4-5)13(10,11)12/h2-4,6,8-9H,1H3,(H,10,11,12). The van der Waals surface area contributed by atoms with Gasteiger partial charge in [0.25, 0.3) is 0 Å². The molecule has 0 radical (unpaired) electrons. The van der Waals surface area contributed by atoms with Gasteiger partial charge in [-0.25, -0.2) is 0 Å². The molecule has 0 fully saturated rings. The monoisotopic (exact) mass is 206 g/mol. The van der Waals surface area contributed by atoms with Crippen LogP contribution >= 0.6 is 0 Å². The Morgan fingerprint density at radius 1 is 1.54 bits per heavy atom. The summed E-state index contributed by atoms with van der Waals surface area (Å²) in [5.74, 6) is 0. The fraction of sp³-hybridized carbons (Fsp3) is 0.429. The van der Waals surface area contributed by atoms with Crippen LogP contribution in [0, 0.1) is 0 Å². The van der Waals surface area contributed by atoms with Crippen LogP contribution in [0.1, 0.15) is 6.92 Å². The zero-order valence-electron chi connectivity index (χ0n) is 6.88. The Bertz CT molecular complexity index is 366. The average Bonchev–Trinajstić information content (AvgIpc) is 1.95. The first-order valence-electron chi connectivity index (χ1n) is 3.52. The molecule has 0 bridgehead atoms. The lowest BCUT2D eigenvalue weighted by Gasteiger charge is -2.27. The van der Waals surface area contributed by atoms with Gasteiger partial charge in [0.15, 0.2) is 0 Å². The molecule has 0 aliphatic heterocycles. The summed E-state index contributed by atoms with van der Waals surface area (Å²) in [7, 11) is -4.72. The Balaban J connectivity index is 3.18. The van der Waals surface area contributed by atoms with Gasteiger partial charge in [0.2, 0.25) is 4.93 Å². The van der Waals surface area contributed by atoms with Crippen LogP contribution < -0.4 is 0 Å². The number of hydrogen-bond donors (Lipinski definition) is 3. The molecule has 0 amide bonds. The van der Waals surface area contributed by atoms with Gasteiger partial charge in [-0.3, -0.25) is 4.55 Å². The highest BCUT2D eigenvalue weighted by Crippen LogP contribution is 2.25. The molecule has 5 nitrogen and oxygen atoms in total. The van der Waals surface area contributed by atoms with Crippen molar-refractivity contribution in [2.24, 2.45) is 0 Å². The van der Waals surface area contributed by atoms with Gasteiger partial charge >= 0.3 is 10.1 Å². The second-order valence-electron chi connectivity index (χ2n) is 2.92. The SMILES string of the molecule is CC1=CC(O)C(O)(S(=O)(=O)O)C=C1. The smallest absolute Gasteiger partial charge is 0.301 e. The van der Waals surface area contributed by atoms with Gasteiger partial charge in [-0.2, -0.15) is 8.42 Å². The maximum Gasteiger partial charge on any atom is 0.301 e. The third-order valence-electron chi connectivity index (χ3n) is 1.84. The van der Waals surface area contributed by atoms with E-state index in [1.54, 1.807) is 6.92 Å². The van der Waals surface area contributed by atoms with E-state index < -0.39 is 21.2 Å².